The lowest BCUT2D eigenvalue weighted by Gasteiger charge is -2.12. The van der Waals surface area contributed by atoms with Gasteiger partial charge in [0.1, 0.15) is 5.82 Å². The zero-order valence-corrected chi connectivity index (χ0v) is 11.5. The van der Waals surface area contributed by atoms with E-state index in [0.29, 0.717) is 0 Å². The molecular formula is C13H12FIN2. The van der Waals surface area contributed by atoms with Gasteiger partial charge in [-0.25, -0.2) is 4.39 Å². The lowest BCUT2D eigenvalue weighted by molar-refractivity contribution is 0.627. The van der Waals surface area contributed by atoms with Crippen LogP contribution in [0.4, 0.5) is 21.5 Å². The Morgan fingerprint density at radius 2 is 1.94 bits per heavy atom. The first-order valence-electron chi connectivity index (χ1n) is 5.15. The molecule has 0 radical (unpaired) electrons. The van der Waals surface area contributed by atoms with E-state index in [0.717, 1.165) is 26.2 Å². The number of hydrogen-bond donors (Lipinski definition) is 2. The first kappa shape index (κ1) is 12.2. The molecule has 88 valence electrons. The van der Waals surface area contributed by atoms with Gasteiger partial charge in [-0.2, -0.15) is 0 Å². The lowest BCUT2D eigenvalue weighted by atomic mass is 10.1. The summed E-state index contributed by atoms with van der Waals surface area (Å²) in [5.41, 5.74) is 9.39. The van der Waals surface area contributed by atoms with Gasteiger partial charge in [-0.1, -0.05) is 6.07 Å². The van der Waals surface area contributed by atoms with Gasteiger partial charge in [-0.3, -0.25) is 0 Å². The second kappa shape index (κ2) is 4.91. The standard InChI is InChI=1S/C13H12FIN2/c1-8-11(16)3-2-4-12(8)17-13-6-5-9(14)7-10(13)15/h2-7,17H,16H2,1H3. The Labute approximate surface area is 113 Å². The topological polar surface area (TPSA) is 38.0 Å². The van der Waals surface area contributed by atoms with E-state index >= 15 is 0 Å². The maximum absolute atomic E-state index is 13.0. The van der Waals surface area contributed by atoms with Crippen molar-refractivity contribution >= 4 is 39.7 Å². The van der Waals surface area contributed by atoms with E-state index in [-0.39, 0.29) is 5.82 Å². The molecule has 0 aliphatic carbocycles. The second-order valence-electron chi connectivity index (χ2n) is 3.77. The third-order valence-corrected chi connectivity index (χ3v) is 3.47. The summed E-state index contributed by atoms with van der Waals surface area (Å²) < 4.78 is 13.8. The Bertz CT molecular complexity index is 555. The molecule has 0 aromatic heterocycles. The summed E-state index contributed by atoms with van der Waals surface area (Å²) in [7, 11) is 0. The fourth-order valence-corrected chi connectivity index (χ4v) is 2.14. The molecule has 4 heteroatoms. The summed E-state index contributed by atoms with van der Waals surface area (Å²) in [6, 6.07) is 10.3. The van der Waals surface area contributed by atoms with Crippen LogP contribution in [0.15, 0.2) is 36.4 Å². The van der Waals surface area contributed by atoms with Crippen molar-refractivity contribution in [3.8, 4) is 0 Å². The van der Waals surface area contributed by atoms with Gasteiger partial charge in [0.2, 0.25) is 0 Å². The van der Waals surface area contributed by atoms with E-state index < -0.39 is 0 Å². The number of hydrogen-bond acceptors (Lipinski definition) is 2. The van der Waals surface area contributed by atoms with Crippen LogP contribution in [0.25, 0.3) is 0 Å². The van der Waals surface area contributed by atoms with Gasteiger partial charge in [0.15, 0.2) is 0 Å². The van der Waals surface area contributed by atoms with Crippen LogP contribution >= 0.6 is 22.6 Å². The fraction of sp³-hybridized carbons (Fsp3) is 0.0769. The molecule has 2 rings (SSSR count). The van der Waals surface area contributed by atoms with Gasteiger partial charge in [0.05, 0.1) is 5.69 Å². The Morgan fingerprint density at radius 1 is 1.18 bits per heavy atom. The van der Waals surface area contributed by atoms with Crippen LogP contribution in [0.1, 0.15) is 5.56 Å². The van der Waals surface area contributed by atoms with E-state index in [2.05, 4.69) is 27.9 Å². The van der Waals surface area contributed by atoms with Gasteiger partial charge in [0, 0.05) is 14.9 Å². The highest BCUT2D eigenvalue weighted by Crippen LogP contribution is 2.27. The Morgan fingerprint density at radius 3 is 2.65 bits per heavy atom. The molecule has 2 aromatic rings. The molecule has 0 heterocycles. The molecule has 2 aromatic carbocycles. The van der Waals surface area contributed by atoms with Crippen molar-refractivity contribution < 1.29 is 4.39 Å². The number of nitrogens with two attached hydrogens (primary N) is 1. The summed E-state index contributed by atoms with van der Waals surface area (Å²) in [6.45, 7) is 1.95. The van der Waals surface area contributed by atoms with Crippen LogP contribution < -0.4 is 11.1 Å². The molecule has 0 spiro atoms. The number of halogens is 2. The molecule has 0 atom stereocenters. The summed E-state index contributed by atoms with van der Waals surface area (Å²) in [6.07, 6.45) is 0. The van der Waals surface area contributed by atoms with Gasteiger partial charge in [-0.15, -0.1) is 0 Å². The van der Waals surface area contributed by atoms with Gasteiger partial charge in [0.25, 0.3) is 0 Å². The highest BCUT2D eigenvalue weighted by Gasteiger charge is 2.05. The molecule has 0 unspecified atom stereocenters. The maximum atomic E-state index is 13.0. The summed E-state index contributed by atoms with van der Waals surface area (Å²) in [5.74, 6) is -0.232. The number of nitrogen functional groups attached to an aromatic ring is 1. The van der Waals surface area contributed by atoms with Crippen LogP contribution in [0.2, 0.25) is 0 Å². The van der Waals surface area contributed by atoms with Gasteiger partial charge < -0.3 is 11.1 Å². The third kappa shape index (κ3) is 2.69. The van der Waals surface area contributed by atoms with E-state index in [4.69, 9.17) is 5.73 Å². The molecule has 2 nitrogen and oxygen atoms in total. The predicted octanol–water partition coefficient (Wildman–Crippen LogP) is 4.06. The largest absolute Gasteiger partial charge is 0.398 e. The van der Waals surface area contributed by atoms with Crippen molar-refractivity contribution in [1.29, 1.82) is 0 Å². The van der Waals surface area contributed by atoms with Gasteiger partial charge in [-0.05, 0) is 65.4 Å². The van der Waals surface area contributed by atoms with Crippen LogP contribution in [-0.4, -0.2) is 0 Å². The third-order valence-electron chi connectivity index (χ3n) is 2.58. The van der Waals surface area contributed by atoms with E-state index in [9.17, 15) is 4.39 Å². The van der Waals surface area contributed by atoms with Crippen LogP contribution in [-0.2, 0) is 0 Å². The summed E-state index contributed by atoms with van der Waals surface area (Å²) in [5, 5.41) is 3.25. The lowest BCUT2D eigenvalue weighted by Crippen LogP contribution is -1.98. The molecular weight excluding hydrogens is 330 g/mol. The highest BCUT2D eigenvalue weighted by atomic mass is 127. The molecule has 0 aliphatic heterocycles. The Kier molecular flexibility index (Phi) is 3.51. The zero-order valence-electron chi connectivity index (χ0n) is 9.30. The first-order chi connectivity index (χ1) is 8.08. The van der Waals surface area contributed by atoms with Crippen molar-refractivity contribution in [2.24, 2.45) is 0 Å². The smallest absolute Gasteiger partial charge is 0.124 e. The Balaban J connectivity index is 2.35. The zero-order chi connectivity index (χ0) is 12.4. The average molecular weight is 342 g/mol. The number of benzene rings is 2. The molecule has 0 fully saturated rings. The Hall–Kier alpha value is -1.30. The van der Waals surface area contributed by atoms with Crippen LogP contribution in [0, 0.1) is 16.3 Å². The van der Waals surface area contributed by atoms with Crippen molar-refractivity contribution in [3.63, 3.8) is 0 Å². The number of anilines is 3. The molecule has 3 N–H and O–H groups in total. The molecule has 17 heavy (non-hydrogen) atoms. The predicted molar refractivity (Wildman–Crippen MR) is 78.0 cm³/mol. The van der Waals surface area contributed by atoms with Crippen LogP contribution in [0.3, 0.4) is 0 Å². The molecule has 0 amide bonds. The maximum Gasteiger partial charge on any atom is 0.124 e. The molecule has 0 saturated carbocycles. The minimum atomic E-state index is -0.232. The van der Waals surface area contributed by atoms with E-state index in [1.165, 1.54) is 12.1 Å². The first-order valence-corrected chi connectivity index (χ1v) is 6.23. The number of nitrogens with one attached hydrogen (secondary N) is 1. The second-order valence-corrected chi connectivity index (χ2v) is 4.93. The summed E-state index contributed by atoms with van der Waals surface area (Å²) >= 11 is 2.10. The summed E-state index contributed by atoms with van der Waals surface area (Å²) in [4.78, 5) is 0. The SMILES string of the molecule is Cc1c(N)cccc1Nc1ccc(F)cc1I. The molecule has 0 bridgehead atoms. The van der Waals surface area contributed by atoms with E-state index in [1.54, 1.807) is 6.07 Å². The highest BCUT2D eigenvalue weighted by molar-refractivity contribution is 14.1. The average Bonchev–Trinajstić information content (AvgIpc) is 2.28. The fourth-order valence-electron chi connectivity index (χ4n) is 1.52. The van der Waals surface area contributed by atoms with Crippen molar-refractivity contribution in [1.82, 2.24) is 0 Å². The number of rotatable bonds is 2. The minimum absolute atomic E-state index is 0.232. The van der Waals surface area contributed by atoms with Crippen molar-refractivity contribution in [2.45, 2.75) is 6.92 Å². The molecule has 0 aliphatic rings. The van der Waals surface area contributed by atoms with Crippen LogP contribution in [0.5, 0.6) is 0 Å². The monoisotopic (exact) mass is 342 g/mol. The minimum Gasteiger partial charge on any atom is -0.398 e. The van der Waals surface area contributed by atoms with Crippen molar-refractivity contribution in [2.75, 3.05) is 11.1 Å². The van der Waals surface area contributed by atoms with Crippen molar-refractivity contribution in [3.05, 3.63) is 51.3 Å². The molecule has 0 saturated heterocycles. The normalized spacial score (nSPS) is 10.3. The quantitative estimate of drug-likeness (QED) is 0.638. The van der Waals surface area contributed by atoms with Gasteiger partial charge >= 0.3 is 0 Å². The van der Waals surface area contributed by atoms with E-state index in [1.807, 2.05) is 25.1 Å².